The van der Waals surface area contributed by atoms with E-state index in [1.807, 2.05) is 18.2 Å². The molecule has 17 heavy (non-hydrogen) atoms. The zero-order valence-electron chi connectivity index (χ0n) is 9.54. The van der Waals surface area contributed by atoms with Gasteiger partial charge in [0.25, 0.3) is 0 Å². The first-order valence-corrected chi connectivity index (χ1v) is 6.95. The van der Waals surface area contributed by atoms with E-state index >= 15 is 0 Å². The number of rotatable bonds is 6. The molecule has 0 bridgehead atoms. The van der Waals surface area contributed by atoms with Crippen LogP contribution in [0.25, 0.3) is 0 Å². The van der Waals surface area contributed by atoms with Crippen LogP contribution in [0.3, 0.4) is 0 Å². The Morgan fingerprint density at radius 2 is 2.12 bits per heavy atom. The molecule has 3 nitrogen and oxygen atoms in total. The molecule has 0 N–H and O–H groups in total. The Labute approximate surface area is 118 Å². The topological polar surface area (TPSA) is 35.5 Å². The van der Waals surface area contributed by atoms with Crippen LogP contribution in [0.15, 0.2) is 27.1 Å². The second-order valence-corrected chi connectivity index (χ2v) is 5.10. The monoisotopic (exact) mass is 364 g/mol. The maximum atomic E-state index is 11.1. The lowest BCUT2D eigenvalue weighted by Crippen LogP contribution is -2.06. The molecule has 0 amide bonds. The molecule has 94 valence electrons. The summed E-state index contributed by atoms with van der Waals surface area (Å²) < 4.78 is 12.2. The molecule has 5 heteroatoms. The Bertz CT molecular complexity index is 380. The molecule has 1 aromatic carbocycles. The van der Waals surface area contributed by atoms with Gasteiger partial charge in [0.1, 0.15) is 5.75 Å². The fourth-order valence-corrected chi connectivity index (χ4v) is 2.39. The first kappa shape index (κ1) is 14.5. The van der Waals surface area contributed by atoms with Gasteiger partial charge in [0.05, 0.1) is 17.7 Å². The molecular formula is C12H14Br2O3. The van der Waals surface area contributed by atoms with Gasteiger partial charge in [-0.1, -0.05) is 15.9 Å². The van der Waals surface area contributed by atoms with Crippen molar-refractivity contribution >= 4 is 37.8 Å². The van der Waals surface area contributed by atoms with Gasteiger partial charge in [-0.05, 0) is 47.5 Å². The number of hydrogen-bond acceptors (Lipinski definition) is 3. The molecule has 0 saturated heterocycles. The number of hydrogen-bond donors (Lipinski definition) is 0. The van der Waals surface area contributed by atoms with Gasteiger partial charge in [-0.15, -0.1) is 0 Å². The van der Waals surface area contributed by atoms with Crippen molar-refractivity contribution in [2.24, 2.45) is 0 Å². The van der Waals surface area contributed by atoms with E-state index in [1.54, 1.807) is 6.92 Å². The second kappa shape index (κ2) is 7.71. The van der Waals surface area contributed by atoms with Crippen molar-refractivity contribution in [3.8, 4) is 5.75 Å². The summed E-state index contributed by atoms with van der Waals surface area (Å²) in [4.78, 5) is 11.1. The number of carbonyl (C=O) groups excluding carboxylic acids is 1. The predicted molar refractivity (Wildman–Crippen MR) is 73.2 cm³/mol. The van der Waals surface area contributed by atoms with E-state index in [-0.39, 0.29) is 5.97 Å². The van der Waals surface area contributed by atoms with Crippen molar-refractivity contribution in [1.29, 1.82) is 0 Å². The standard InChI is InChI=1S/C12H14Br2O3/c1-2-16-12(15)4-3-7-17-11-6-5-9(13)8-10(11)14/h5-6,8H,2-4,7H2,1H3. The molecule has 1 aromatic rings. The molecule has 1 rings (SSSR count). The lowest BCUT2D eigenvalue weighted by atomic mass is 10.3. The number of ether oxygens (including phenoxy) is 2. The van der Waals surface area contributed by atoms with Crippen molar-refractivity contribution in [3.63, 3.8) is 0 Å². The summed E-state index contributed by atoms with van der Waals surface area (Å²) in [5.74, 6) is 0.600. The molecule has 0 saturated carbocycles. The van der Waals surface area contributed by atoms with Crippen LogP contribution >= 0.6 is 31.9 Å². The minimum atomic E-state index is -0.175. The van der Waals surface area contributed by atoms with Crippen LogP contribution in [0, 0.1) is 0 Å². The van der Waals surface area contributed by atoms with Gasteiger partial charge in [-0.25, -0.2) is 0 Å². The van der Waals surface area contributed by atoms with Crippen LogP contribution in [0.4, 0.5) is 0 Å². The minimum absolute atomic E-state index is 0.175. The summed E-state index contributed by atoms with van der Waals surface area (Å²) in [6.45, 7) is 2.73. The molecular weight excluding hydrogens is 352 g/mol. The summed E-state index contributed by atoms with van der Waals surface area (Å²) in [6, 6.07) is 5.70. The number of halogens is 2. The average Bonchev–Trinajstić information content (AvgIpc) is 2.27. The summed E-state index contributed by atoms with van der Waals surface area (Å²) in [5, 5.41) is 0. The third-order valence-corrected chi connectivity index (χ3v) is 3.10. The molecule has 0 aliphatic heterocycles. The van der Waals surface area contributed by atoms with Crippen LogP contribution < -0.4 is 4.74 Å². The fraction of sp³-hybridized carbons (Fsp3) is 0.417. The molecule has 0 atom stereocenters. The average molecular weight is 366 g/mol. The SMILES string of the molecule is CCOC(=O)CCCOc1ccc(Br)cc1Br. The molecule has 0 spiro atoms. The largest absolute Gasteiger partial charge is 0.492 e. The molecule has 0 radical (unpaired) electrons. The van der Waals surface area contributed by atoms with E-state index in [0.29, 0.717) is 26.1 Å². The lowest BCUT2D eigenvalue weighted by Gasteiger charge is -2.08. The quantitative estimate of drug-likeness (QED) is 0.565. The summed E-state index contributed by atoms with van der Waals surface area (Å²) >= 11 is 6.77. The highest BCUT2D eigenvalue weighted by molar-refractivity contribution is 9.11. The van der Waals surface area contributed by atoms with Gasteiger partial charge in [-0.3, -0.25) is 4.79 Å². The third kappa shape index (κ3) is 5.55. The zero-order chi connectivity index (χ0) is 12.7. The van der Waals surface area contributed by atoms with E-state index in [0.717, 1.165) is 14.7 Å². The van der Waals surface area contributed by atoms with Gasteiger partial charge in [0.2, 0.25) is 0 Å². The van der Waals surface area contributed by atoms with Crippen molar-refractivity contribution in [1.82, 2.24) is 0 Å². The Balaban J connectivity index is 2.29. The maximum Gasteiger partial charge on any atom is 0.305 e. The highest BCUT2D eigenvalue weighted by Gasteiger charge is 2.04. The minimum Gasteiger partial charge on any atom is -0.492 e. The predicted octanol–water partition coefficient (Wildman–Crippen LogP) is 3.93. The zero-order valence-corrected chi connectivity index (χ0v) is 12.7. The maximum absolute atomic E-state index is 11.1. The van der Waals surface area contributed by atoms with Gasteiger partial charge in [-0.2, -0.15) is 0 Å². The Morgan fingerprint density at radius 3 is 2.76 bits per heavy atom. The molecule has 0 fully saturated rings. The highest BCUT2D eigenvalue weighted by Crippen LogP contribution is 2.28. The van der Waals surface area contributed by atoms with Gasteiger partial charge in [0.15, 0.2) is 0 Å². The lowest BCUT2D eigenvalue weighted by molar-refractivity contribution is -0.143. The van der Waals surface area contributed by atoms with Crippen molar-refractivity contribution in [2.75, 3.05) is 13.2 Å². The van der Waals surface area contributed by atoms with Crippen molar-refractivity contribution < 1.29 is 14.3 Å². The van der Waals surface area contributed by atoms with Crippen molar-refractivity contribution in [3.05, 3.63) is 27.1 Å². The molecule has 0 aliphatic carbocycles. The molecule has 0 unspecified atom stereocenters. The first-order valence-electron chi connectivity index (χ1n) is 5.37. The normalized spacial score (nSPS) is 10.1. The third-order valence-electron chi connectivity index (χ3n) is 1.98. The second-order valence-electron chi connectivity index (χ2n) is 3.33. The summed E-state index contributed by atoms with van der Waals surface area (Å²) in [5.41, 5.74) is 0. The van der Waals surface area contributed by atoms with E-state index in [2.05, 4.69) is 31.9 Å². The van der Waals surface area contributed by atoms with Crippen LogP contribution in [0.5, 0.6) is 5.75 Å². The Hall–Kier alpha value is -0.550. The number of benzene rings is 1. The van der Waals surface area contributed by atoms with E-state index in [4.69, 9.17) is 9.47 Å². The molecule has 0 heterocycles. The Morgan fingerprint density at radius 1 is 1.35 bits per heavy atom. The van der Waals surface area contributed by atoms with Crippen LogP contribution in [0.1, 0.15) is 19.8 Å². The van der Waals surface area contributed by atoms with E-state index < -0.39 is 0 Å². The first-order chi connectivity index (χ1) is 8.13. The molecule has 0 aliphatic rings. The molecule has 0 aromatic heterocycles. The van der Waals surface area contributed by atoms with Gasteiger partial charge in [0, 0.05) is 10.9 Å². The Kier molecular flexibility index (Phi) is 6.58. The summed E-state index contributed by atoms with van der Waals surface area (Å²) in [7, 11) is 0. The highest BCUT2D eigenvalue weighted by atomic mass is 79.9. The van der Waals surface area contributed by atoms with Crippen LogP contribution in [-0.4, -0.2) is 19.2 Å². The number of esters is 1. The fourth-order valence-electron chi connectivity index (χ4n) is 1.22. The number of carbonyl (C=O) groups is 1. The van der Waals surface area contributed by atoms with Crippen LogP contribution in [-0.2, 0) is 9.53 Å². The smallest absolute Gasteiger partial charge is 0.305 e. The van der Waals surface area contributed by atoms with Gasteiger partial charge >= 0.3 is 5.97 Å². The van der Waals surface area contributed by atoms with Crippen LogP contribution in [0.2, 0.25) is 0 Å². The van der Waals surface area contributed by atoms with E-state index in [9.17, 15) is 4.79 Å². The summed E-state index contributed by atoms with van der Waals surface area (Å²) in [6.07, 6.45) is 1.04. The van der Waals surface area contributed by atoms with E-state index in [1.165, 1.54) is 0 Å². The van der Waals surface area contributed by atoms with Crippen molar-refractivity contribution in [2.45, 2.75) is 19.8 Å². The van der Waals surface area contributed by atoms with Gasteiger partial charge < -0.3 is 9.47 Å².